The van der Waals surface area contributed by atoms with E-state index < -0.39 is 0 Å². The normalized spacial score (nSPS) is 10.6. The summed E-state index contributed by atoms with van der Waals surface area (Å²) in [5.41, 5.74) is 9.14. The maximum absolute atomic E-state index is 12.8. The van der Waals surface area contributed by atoms with Crippen molar-refractivity contribution in [2.24, 2.45) is 0 Å². The van der Waals surface area contributed by atoms with E-state index in [1.54, 1.807) is 23.5 Å². The molecular weight excluding hydrogens is 209 g/mol. The SMILES string of the molecule is Cc1sc(N)c(-c2ccc(F)cc2)c1C. The molecule has 0 aliphatic carbocycles. The van der Waals surface area contributed by atoms with Gasteiger partial charge < -0.3 is 5.73 Å². The van der Waals surface area contributed by atoms with Gasteiger partial charge in [0.05, 0.1) is 5.00 Å². The van der Waals surface area contributed by atoms with Crippen LogP contribution in [0.1, 0.15) is 10.4 Å². The largest absolute Gasteiger partial charge is 0.390 e. The van der Waals surface area contributed by atoms with E-state index in [4.69, 9.17) is 5.73 Å². The predicted octanol–water partition coefficient (Wildman–Crippen LogP) is 3.75. The minimum absolute atomic E-state index is 0.220. The zero-order chi connectivity index (χ0) is 11.0. The summed E-state index contributed by atoms with van der Waals surface area (Å²) >= 11 is 1.58. The third kappa shape index (κ3) is 1.75. The van der Waals surface area contributed by atoms with E-state index in [0.717, 1.165) is 16.1 Å². The Balaban J connectivity index is 2.58. The van der Waals surface area contributed by atoms with Gasteiger partial charge in [-0.05, 0) is 37.1 Å². The number of rotatable bonds is 1. The van der Waals surface area contributed by atoms with Crippen LogP contribution in [0.15, 0.2) is 24.3 Å². The Labute approximate surface area is 92.4 Å². The van der Waals surface area contributed by atoms with Gasteiger partial charge in [-0.25, -0.2) is 4.39 Å². The molecule has 0 atom stereocenters. The minimum Gasteiger partial charge on any atom is -0.390 e. The highest BCUT2D eigenvalue weighted by molar-refractivity contribution is 7.16. The number of thiophene rings is 1. The zero-order valence-electron chi connectivity index (χ0n) is 8.67. The molecule has 1 heterocycles. The van der Waals surface area contributed by atoms with Gasteiger partial charge in [0.15, 0.2) is 0 Å². The molecule has 0 unspecified atom stereocenters. The van der Waals surface area contributed by atoms with Crippen molar-refractivity contribution in [3.05, 3.63) is 40.5 Å². The van der Waals surface area contributed by atoms with Crippen molar-refractivity contribution >= 4 is 16.3 Å². The molecule has 0 radical (unpaired) electrons. The highest BCUT2D eigenvalue weighted by Gasteiger charge is 2.11. The molecule has 0 aliphatic heterocycles. The van der Waals surface area contributed by atoms with Gasteiger partial charge in [-0.3, -0.25) is 0 Å². The summed E-state index contributed by atoms with van der Waals surface area (Å²) in [4.78, 5) is 1.21. The smallest absolute Gasteiger partial charge is 0.123 e. The van der Waals surface area contributed by atoms with Crippen LogP contribution in [0.3, 0.4) is 0 Å². The van der Waals surface area contributed by atoms with Gasteiger partial charge in [-0.15, -0.1) is 11.3 Å². The Bertz CT molecular complexity index is 485. The van der Waals surface area contributed by atoms with Crippen molar-refractivity contribution in [2.75, 3.05) is 5.73 Å². The molecule has 3 heteroatoms. The summed E-state index contributed by atoms with van der Waals surface area (Å²) in [7, 11) is 0. The van der Waals surface area contributed by atoms with Gasteiger partial charge in [-0.2, -0.15) is 0 Å². The maximum atomic E-state index is 12.8. The molecule has 78 valence electrons. The van der Waals surface area contributed by atoms with Crippen LogP contribution in [-0.2, 0) is 0 Å². The highest BCUT2D eigenvalue weighted by atomic mass is 32.1. The van der Waals surface area contributed by atoms with Crippen molar-refractivity contribution in [1.82, 2.24) is 0 Å². The second-order valence-electron chi connectivity index (χ2n) is 3.53. The van der Waals surface area contributed by atoms with E-state index in [0.29, 0.717) is 0 Å². The topological polar surface area (TPSA) is 26.0 Å². The third-order valence-corrected chi connectivity index (χ3v) is 3.58. The Kier molecular flexibility index (Phi) is 2.49. The second-order valence-corrected chi connectivity index (χ2v) is 4.79. The van der Waals surface area contributed by atoms with E-state index in [1.165, 1.54) is 22.6 Å². The molecule has 1 aromatic carbocycles. The van der Waals surface area contributed by atoms with Crippen LogP contribution in [0.2, 0.25) is 0 Å². The zero-order valence-corrected chi connectivity index (χ0v) is 9.49. The lowest BCUT2D eigenvalue weighted by molar-refractivity contribution is 0.628. The first-order valence-corrected chi connectivity index (χ1v) is 5.52. The number of nitrogen functional groups attached to an aromatic ring is 1. The molecule has 1 aromatic heterocycles. The first-order valence-electron chi connectivity index (χ1n) is 4.71. The van der Waals surface area contributed by atoms with Crippen LogP contribution < -0.4 is 5.73 Å². The molecule has 0 saturated carbocycles. The maximum Gasteiger partial charge on any atom is 0.123 e. The number of hydrogen-bond donors (Lipinski definition) is 1. The van der Waals surface area contributed by atoms with Crippen LogP contribution in [0.4, 0.5) is 9.39 Å². The lowest BCUT2D eigenvalue weighted by Crippen LogP contribution is -1.86. The second kappa shape index (κ2) is 3.66. The first-order chi connectivity index (χ1) is 7.09. The number of nitrogens with two attached hydrogens (primary N) is 1. The molecule has 0 bridgehead atoms. The molecular formula is C12H12FNS. The summed E-state index contributed by atoms with van der Waals surface area (Å²) < 4.78 is 12.8. The molecule has 0 saturated heterocycles. The highest BCUT2D eigenvalue weighted by Crippen LogP contribution is 2.37. The average molecular weight is 221 g/mol. The standard InChI is InChI=1S/C12H12FNS/c1-7-8(2)15-12(14)11(7)9-3-5-10(13)6-4-9/h3-6H,14H2,1-2H3. The Morgan fingerprint density at radius 2 is 1.73 bits per heavy atom. The summed E-state index contributed by atoms with van der Waals surface area (Å²) in [5, 5.41) is 0.802. The van der Waals surface area contributed by atoms with E-state index >= 15 is 0 Å². The van der Waals surface area contributed by atoms with Gasteiger partial charge in [0, 0.05) is 10.4 Å². The van der Waals surface area contributed by atoms with Crippen LogP contribution in [0.25, 0.3) is 11.1 Å². The summed E-state index contributed by atoms with van der Waals surface area (Å²) in [6.07, 6.45) is 0. The number of halogens is 1. The molecule has 1 nitrogen and oxygen atoms in total. The fourth-order valence-corrected chi connectivity index (χ4v) is 2.59. The fourth-order valence-electron chi connectivity index (χ4n) is 1.63. The van der Waals surface area contributed by atoms with Gasteiger partial charge in [0.25, 0.3) is 0 Å². The van der Waals surface area contributed by atoms with Crippen molar-refractivity contribution < 1.29 is 4.39 Å². The van der Waals surface area contributed by atoms with Gasteiger partial charge >= 0.3 is 0 Å². The number of benzene rings is 1. The first kappa shape index (κ1) is 10.2. The van der Waals surface area contributed by atoms with E-state index in [9.17, 15) is 4.39 Å². The lowest BCUT2D eigenvalue weighted by Gasteiger charge is -2.02. The van der Waals surface area contributed by atoms with Crippen LogP contribution in [0.5, 0.6) is 0 Å². The van der Waals surface area contributed by atoms with Crippen LogP contribution in [-0.4, -0.2) is 0 Å². The molecule has 0 fully saturated rings. The molecule has 2 N–H and O–H groups in total. The molecule has 15 heavy (non-hydrogen) atoms. The lowest BCUT2D eigenvalue weighted by atomic mass is 10.0. The Morgan fingerprint density at radius 1 is 1.13 bits per heavy atom. The molecule has 2 aromatic rings. The Morgan fingerprint density at radius 3 is 2.20 bits per heavy atom. The molecule has 0 aliphatic rings. The molecule has 2 rings (SSSR count). The van der Waals surface area contributed by atoms with Crippen LogP contribution in [0, 0.1) is 19.7 Å². The van der Waals surface area contributed by atoms with Crippen molar-refractivity contribution in [3.63, 3.8) is 0 Å². The Hall–Kier alpha value is -1.35. The van der Waals surface area contributed by atoms with E-state index in [2.05, 4.69) is 0 Å². The van der Waals surface area contributed by atoms with Crippen molar-refractivity contribution in [3.8, 4) is 11.1 Å². The minimum atomic E-state index is -0.220. The van der Waals surface area contributed by atoms with Crippen LogP contribution >= 0.6 is 11.3 Å². The summed E-state index contributed by atoms with van der Waals surface area (Å²) in [6.45, 7) is 4.09. The van der Waals surface area contributed by atoms with E-state index in [1.807, 2.05) is 13.8 Å². The number of aryl methyl sites for hydroxylation is 1. The van der Waals surface area contributed by atoms with Crippen molar-refractivity contribution in [1.29, 1.82) is 0 Å². The summed E-state index contributed by atoms with van der Waals surface area (Å²) in [6, 6.07) is 6.45. The van der Waals surface area contributed by atoms with Crippen molar-refractivity contribution in [2.45, 2.75) is 13.8 Å². The fraction of sp³-hybridized carbons (Fsp3) is 0.167. The third-order valence-electron chi connectivity index (χ3n) is 2.55. The quantitative estimate of drug-likeness (QED) is 0.779. The monoisotopic (exact) mass is 221 g/mol. The summed E-state index contributed by atoms with van der Waals surface area (Å²) in [5.74, 6) is -0.220. The number of hydrogen-bond acceptors (Lipinski definition) is 2. The predicted molar refractivity (Wildman–Crippen MR) is 63.6 cm³/mol. The molecule has 0 amide bonds. The molecule has 0 spiro atoms. The average Bonchev–Trinajstić information content (AvgIpc) is 2.44. The van der Waals surface area contributed by atoms with Gasteiger partial charge in [0.1, 0.15) is 5.82 Å². The van der Waals surface area contributed by atoms with E-state index in [-0.39, 0.29) is 5.82 Å². The van der Waals surface area contributed by atoms with Gasteiger partial charge in [0.2, 0.25) is 0 Å². The number of anilines is 1. The van der Waals surface area contributed by atoms with Gasteiger partial charge in [-0.1, -0.05) is 12.1 Å².